The van der Waals surface area contributed by atoms with Gasteiger partial charge in [-0.3, -0.25) is 4.99 Å². The number of benzene rings is 1. The minimum Gasteiger partial charge on any atom is -0.508 e. The van der Waals surface area contributed by atoms with Crippen molar-refractivity contribution in [3.05, 3.63) is 29.8 Å². The number of aliphatic imine (C=N–C) groups is 1. The molecule has 1 aromatic rings. The zero-order valence-corrected chi connectivity index (χ0v) is 22.9. The lowest BCUT2D eigenvalue weighted by Gasteiger charge is -2.40. The number of aryl methyl sites for hydroxylation is 1. The molecule has 8 heteroatoms. The van der Waals surface area contributed by atoms with E-state index in [1.54, 1.807) is 12.1 Å². The maximum atomic E-state index is 12.8. The second-order valence-electron chi connectivity index (χ2n) is 10.0. The molecule has 1 saturated carbocycles. The highest BCUT2D eigenvalue weighted by Crippen LogP contribution is 2.32. The van der Waals surface area contributed by atoms with Gasteiger partial charge in [0, 0.05) is 39.3 Å². The summed E-state index contributed by atoms with van der Waals surface area (Å²) in [5.74, 6) is 1.88. The number of carbonyl (C=O) groups is 1. The van der Waals surface area contributed by atoms with Gasteiger partial charge >= 0.3 is 6.09 Å². The van der Waals surface area contributed by atoms with E-state index in [2.05, 4.69) is 15.2 Å². The maximum absolute atomic E-state index is 12.8. The Morgan fingerprint density at radius 1 is 1.18 bits per heavy atom. The molecule has 3 rings (SSSR count). The fourth-order valence-corrected chi connectivity index (χ4v) is 4.15. The monoisotopic (exact) mass is 572 g/mol. The summed E-state index contributed by atoms with van der Waals surface area (Å²) >= 11 is 0. The van der Waals surface area contributed by atoms with Crippen LogP contribution in [0, 0.1) is 5.92 Å². The van der Waals surface area contributed by atoms with E-state index in [1.165, 1.54) is 18.4 Å². The fourth-order valence-electron chi connectivity index (χ4n) is 4.15. The molecule has 2 aliphatic rings. The molecule has 0 radical (unpaired) electrons. The van der Waals surface area contributed by atoms with Gasteiger partial charge in [0.1, 0.15) is 11.4 Å². The van der Waals surface area contributed by atoms with Gasteiger partial charge in [-0.25, -0.2) is 4.79 Å². The van der Waals surface area contributed by atoms with Crippen LogP contribution in [0.4, 0.5) is 4.79 Å². The van der Waals surface area contributed by atoms with Crippen molar-refractivity contribution < 1.29 is 14.6 Å². The first-order valence-electron chi connectivity index (χ1n) is 12.0. The summed E-state index contributed by atoms with van der Waals surface area (Å²) in [5, 5.41) is 12.9. The summed E-state index contributed by atoms with van der Waals surface area (Å²) in [5.41, 5.74) is 0.754. The number of carbonyl (C=O) groups excluding carboxylic acids is 1. The number of piperidine rings is 1. The number of phenolic OH excluding ortho intramolecular Hbond substituents is 1. The predicted molar refractivity (Wildman–Crippen MR) is 143 cm³/mol. The van der Waals surface area contributed by atoms with Crippen molar-refractivity contribution in [1.82, 2.24) is 15.1 Å². The summed E-state index contributed by atoms with van der Waals surface area (Å²) in [4.78, 5) is 21.6. The Balaban J connectivity index is 0.00000385. The molecule has 2 fully saturated rings. The van der Waals surface area contributed by atoms with Crippen LogP contribution in [0.5, 0.6) is 5.75 Å². The average Bonchev–Trinajstić information content (AvgIpc) is 3.57. The normalized spacial score (nSPS) is 17.3. The highest BCUT2D eigenvalue weighted by Gasteiger charge is 2.35. The molecule has 0 spiro atoms. The van der Waals surface area contributed by atoms with Gasteiger partial charge < -0.3 is 25.0 Å². The van der Waals surface area contributed by atoms with Crippen LogP contribution in [-0.4, -0.2) is 71.8 Å². The third kappa shape index (κ3) is 9.22. The fraction of sp³-hybridized carbons (Fsp3) is 0.680. The molecular formula is C25H41IN4O3. The van der Waals surface area contributed by atoms with Crippen LogP contribution in [0.2, 0.25) is 0 Å². The van der Waals surface area contributed by atoms with E-state index >= 15 is 0 Å². The van der Waals surface area contributed by atoms with Crippen LogP contribution in [-0.2, 0) is 11.2 Å². The number of ether oxygens (including phenoxy) is 1. The largest absolute Gasteiger partial charge is 0.508 e. The lowest BCUT2D eigenvalue weighted by atomic mass is 10.0. The standard InChI is InChI=1S/C25H40N4O3.HI/c1-25(2,3)32-24(31)29(18-20-7-8-20)21-13-16-28(17-14-21)23(26-4)27-15-5-6-19-9-11-22(30)12-10-19;/h9-12,20-21,30H,5-8,13-18H2,1-4H3,(H,26,27);1H. The number of hydrogen-bond acceptors (Lipinski definition) is 4. The molecule has 0 aromatic heterocycles. The third-order valence-electron chi connectivity index (χ3n) is 6.06. The minimum atomic E-state index is -0.467. The summed E-state index contributed by atoms with van der Waals surface area (Å²) in [6.07, 6.45) is 6.09. The zero-order valence-electron chi connectivity index (χ0n) is 20.5. The topological polar surface area (TPSA) is 77.4 Å². The van der Waals surface area contributed by atoms with Gasteiger partial charge in [-0.2, -0.15) is 0 Å². The second-order valence-corrected chi connectivity index (χ2v) is 10.0. The summed E-state index contributed by atoms with van der Waals surface area (Å²) in [6.45, 7) is 9.22. The highest BCUT2D eigenvalue weighted by molar-refractivity contribution is 14.0. The summed E-state index contributed by atoms with van der Waals surface area (Å²) in [7, 11) is 1.83. The number of nitrogens with one attached hydrogen (secondary N) is 1. The van der Waals surface area contributed by atoms with Crippen molar-refractivity contribution in [2.45, 2.75) is 70.9 Å². The molecule has 2 N–H and O–H groups in total. The maximum Gasteiger partial charge on any atom is 0.410 e. The first-order chi connectivity index (χ1) is 15.2. The average molecular weight is 573 g/mol. The lowest BCUT2D eigenvalue weighted by molar-refractivity contribution is 0.00928. The Hall–Kier alpha value is -1.71. The van der Waals surface area contributed by atoms with Gasteiger partial charge in [0.15, 0.2) is 5.96 Å². The van der Waals surface area contributed by atoms with Crippen molar-refractivity contribution >= 4 is 36.0 Å². The van der Waals surface area contributed by atoms with Gasteiger partial charge in [-0.15, -0.1) is 24.0 Å². The molecule has 1 saturated heterocycles. The SMILES string of the molecule is CN=C(NCCCc1ccc(O)cc1)N1CCC(N(CC2CC2)C(=O)OC(C)(C)C)CC1.I. The number of nitrogens with zero attached hydrogens (tertiary/aromatic N) is 3. The van der Waals surface area contributed by atoms with Crippen LogP contribution in [0.15, 0.2) is 29.3 Å². The van der Waals surface area contributed by atoms with E-state index < -0.39 is 5.60 Å². The van der Waals surface area contributed by atoms with Crippen molar-refractivity contribution in [3.8, 4) is 5.75 Å². The second kappa shape index (κ2) is 12.7. The van der Waals surface area contributed by atoms with Crippen LogP contribution in [0.1, 0.15) is 58.4 Å². The van der Waals surface area contributed by atoms with E-state index in [-0.39, 0.29) is 36.1 Å². The van der Waals surface area contributed by atoms with Crippen LogP contribution < -0.4 is 5.32 Å². The first-order valence-corrected chi connectivity index (χ1v) is 12.0. The predicted octanol–water partition coefficient (Wildman–Crippen LogP) is 4.63. The Kier molecular flexibility index (Phi) is 10.6. The smallest absolute Gasteiger partial charge is 0.410 e. The lowest BCUT2D eigenvalue weighted by Crippen LogP contribution is -2.52. The van der Waals surface area contributed by atoms with E-state index in [9.17, 15) is 9.90 Å². The Labute approximate surface area is 216 Å². The molecule has 0 unspecified atom stereocenters. The molecule has 33 heavy (non-hydrogen) atoms. The Morgan fingerprint density at radius 2 is 1.82 bits per heavy atom. The molecule has 0 atom stereocenters. The number of likely N-dealkylation sites (tertiary alicyclic amines) is 1. The van der Waals surface area contributed by atoms with E-state index in [0.29, 0.717) is 11.7 Å². The minimum absolute atomic E-state index is 0. The van der Waals surface area contributed by atoms with Crippen molar-refractivity contribution in [3.63, 3.8) is 0 Å². The molecule has 1 aliphatic carbocycles. The van der Waals surface area contributed by atoms with Crippen molar-refractivity contribution in [2.24, 2.45) is 10.9 Å². The molecule has 186 valence electrons. The molecule has 1 aliphatic heterocycles. The van der Waals surface area contributed by atoms with Crippen molar-refractivity contribution in [1.29, 1.82) is 0 Å². The molecule has 1 amide bonds. The molecule has 0 bridgehead atoms. The number of aromatic hydroxyl groups is 1. The molecule has 1 heterocycles. The summed E-state index contributed by atoms with van der Waals surface area (Å²) < 4.78 is 5.71. The van der Waals surface area contributed by atoms with Crippen molar-refractivity contribution in [2.75, 3.05) is 33.2 Å². The number of rotatable bonds is 7. The van der Waals surface area contributed by atoms with Crippen LogP contribution in [0.3, 0.4) is 0 Å². The molecule has 1 aromatic carbocycles. The van der Waals surface area contributed by atoms with Crippen LogP contribution in [0.25, 0.3) is 0 Å². The Bertz CT molecular complexity index is 767. The van der Waals surface area contributed by atoms with Gasteiger partial charge in [0.25, 0.3) is 0 Å². The first kappa shape index (κ1) is 27.5. The number of amides is 1. The van der Waals surface area contributed by atoms with Gasteiger partial charge in [-0.05, 0) is 82.9 Å². The third-order valence-corrected chi connectivity index (χ3v) is 6.06. The Morgan fingerprint density at radius 3 is 2.36 bits per heavy atom. The quantitative estimate of drug-likeness (QED) is 0.216. The highest BCUT2D eigenvalue weighted by atomic mass is 127. The van der Waals surface area contributed by atoms with E-state index in [1.807, 2.05) is 44.9 Å². The summed E-state index contributed by atoms with van der Waals surface area (Å²) in [6, 6.07) is 7.62. The molecular weight excluding hydrogens is 531 g/mol. The van der Waals surface area contributed by atoms with Crippen LogP contribution >= 0.6 is 24.0 Å². The zero-order chi connectivity index (χ0) is 23.1. The van der Waals surface area contributed by atoms with E-state index in [4.69, 9.17) is 4.74 Å². The van der Waals surface area contributed by atoms with Gasteiger partial charge in [-0.1, -0.05) is 12.1 Å². The van der Waals surface area contributed by atoms with Gasteiger partial charge in [0.2, 0.25) is 0 Å². The van der Waals surface area contributed by atoms with E-state index in [0.717, 1.165) is 57.8 Å². The van der Waals surface area contributed by atoms with Gasteiger partial charge in [0.05, 0.1) is 0 Å². The molecule has 7 nitrogen and oxygen atoms in total. The number of halogens is 1. The number of guanidine groups is 1. The number of hydrogen-bond donors (Lipinski definition) is 2. The number of phenols is 1.